The summed E-state index contributed by atoms with van der Waals surface area (Å²) in [6.07, 6.45) is -13.7. The van der Waals surface area contributed by atoms with Crippen LogP contribution in [0.5, 0.6) is 5.75 Å². The molecule has 15 heteroatoms. The summed E-state index contributed by atoms with van der Waals surface area (Å²) in [4.78, 5) is 11.8. The van der Waals surface area contributed by atoms with Crippen LogP contribution in [0, 0.1) is 22.7 Å². The van der Waals surface area contributed by atoms with Crippen molar-refractivity contribution in [1.82, 2.24) is 0 Å². The first-order valence-corrected chi connectivity index (χ1v) is 17.6. The minimum Gasteiger partial charge on any atom is -0.493 e. The van der Waals surface area contributed by atoms with Crippen LogP contribution < -0.4 is 10.4 Å². The zero-order valence-electron chi connectivity index (χ0n) is 29.3. The number of rotatable bonds is 9. The SMILES string of the molecule is CC1(C)[C@H]2CC[C@@](C)(O)[C@H](COc3ccc4ccc(=O)oc4c3)[C@]2(C)CC[C@H]1O[C@@H]1O[C@H](CO)[C@@H](O)[C@H](O)[C@H]1O[C@@H]1O[C@H](CO)[C@@H](O)[C@H](O)[C@H]1O. The van der Waals surface area contributed by atoms with E-state index in [1.165, 1.54) is 6.07 Å². The van der Waals surface area contributed by atoms with E-state index in [0.29, 0.717) is 37.0 Å². The van der Waals surface area contributed by atoms with Gasteiger partial charge in [-0.3, -0.25) is 0 Å². The van der Waals surface area contributed by atoms with Crippen LogP contribution in [0.4, 0.5) is 0 Å². The summed E-state index contributed by atoms with van der Waals surface area (Å²) in [7, 11) is 0. The summed E-state index contributed by atoms with van der Waals surface area (Å²) in [6, 6.07) is 8.31. The van der Waals surface area contributed by atoms with Gasteiger partial charge in [0.25, 0.3) is 0 Å². The third-order valence-corrected chi connectivity index (χ3v) is 12.2. The molecule has 0 radical (unpaired) electrons. The van der Waals surface area contributed by atoms with E-state index in [2.05, 4.69) is 20.8 Å². The largest absolute Gasteiger partial charge is 0.493 e. The molecule has 8 N–H and O–H groups in total. The van der Waals surface area contributed by atoms with Crippen LogP contribution in [0.3, 0.4) is 0 Å². The highest BCUT2D eigenvalue weighted by atomic mass is 16.8. The Morgan fingerprint density at radius 2 is 1.43 bits per heavy atom. The number of aliphatic hydroxyl groups is 8. The van der Waals surface area contributed by atoms with Crippen LogP contribution in [-0.2, 0) is 18.9 Å². The van der Waals surface area contributed by atoms with Crippen molar-refractivity contribution in [2.75, 3.05) is 19.8 Å². The molecule has 1 aromatic carbocycles. The number of ether oxygens (including phenoxy) is 5. The van der Waals surface area contributed by atoms with E-state index in [1.807, 2.05) is 13.0 Å². The number of hydrogen-bond donors (Lipinski definition) is 8. The van der Waals surface area contributed by atoms with Gasteiger partial charge >= 0.3 is 5.63 Å². The lowest BCUT2D eigenvalue weighted by atomic mass is 9.45. The predicted octanol–water partition coefficient (Wildman–Crippen LogP) is -0.215. The fourth-order valence-electron chi connectivity index (χ4n) is 9.23. The molecule has 0 bridgehead atoms. The molecule has 6 rings (SSSR count). The molecule has 2 saturated heterocycles. The molecular formula is C36H52O15. The van der Waals surface area contributed by atoms with Crippen LogP contribution in [0.1, 0.15) is 53.4 Å². The Morgan fingerprint density at radius 1 is 0.784 bits per heavy atom. The molecule has 2 aliphatic carbocycles. The lowest BCUT2D eigenvalue weighted by Crippen LogP contribution is -2.66. The van der Waals surface area contributed by atoms with E-state index >= 15 is 0 Å². The first kappa shape index (κ1) is 38.5. The van der Waals surface area contributed by atoms with Gasteiger partial charge in [-0.1, -0.05) is 20.8 Å². The van der Waals surface area contributed by atoms with E-state index < -0.39 is 103 Å². The highest BCUT2D eigenvalue weighted by Gasteiger charge is 2.62. The highest BCUT2D eigenvalue weighted by molar-refractivity contribution is 5.77. The Hall–Kier alpha value is -2.25. The quantitative estimate of drug-likeness (QED) is 0.123. The third-order valence-electron chi connectivity index (χ3n) is 12.2. The van der Waals surface area contributed by atoms with Gasteiger partial charge in [0, 0.05) is 23.4 Å². The number of aliphatic hydroxyl groups excluding tert-OH is 7. The molecule has 0 spiro atoms. The highest BCUT2D eigenvalue weighted by Crippen LogP contribution is 2.62. The van der Waals surface area contributed by atoms with Crippen molar-refractivity contribution in [1.29, 1.82) is 0 Å². The summed E-state index contributed by atoms with van der Waals surface area (Å²) >= 11 is 0. The van der Waals surface area contributed by atoms with Crippen LogP contribution in [0.25, 0.3) is 11.0 Å². The minimum atomic E-state index is -1.78. The molecule has 4 aliphatic rings. The van der Waals surface area contributed by atoms with Gasteiger partial charge in [0.1, 0.15) is 60.2 Å². The van der Waals surface area contributed by atoms with Gasteiger partial charge in [-0.05, 0) is 67.6 Å². The normalized spacial score (nSPS) is 44.2. The topological polar surface area (TPSA) is 238 Å². The van der Waals surface area contributed by atoms with Crippen molar-refractivity contribution in [2.24, 2.45) is 22.7 Å². The molecule has 1 aromatic heterocycles. The first-order valence-electron chi connectivity index (χ1n) is 17.6. The Bertz CT molecular complexity index is 1560. The molecule has 51 heavy (non-hydrogen) atoms. The average Bonchev–Trinajstić information content (AvgIpc) is 3.08. The van der Waals surface area contributed by atoms with Crippen molar-refractivity contribution >= 4 is 11.0 Å². The molecule has 2 saturated carbocycles. The third kappa shape index (κ3) is 7.09. The molecule has 286 valence electrons. The maximum Gasteiger partial charge on any atom is 0.336 e. The lowest BCUT2D eigenvalue weighted by molar-refractivity contribution is -0.378. The smallest absolute Gasteiger partial charge is 0.336 e. The minimum absolute atomic E-state index is 0.00441. The lowest BCUT2D eigenvalue weighted by Gasteiger charge is -2.63. The van der Waals surface area contributed by atoms with Gasteiger partial charge < -0.3 is 69.0 Å². The van der Waals surface area contributed by atoms with Crippen molar-refractivity contribution < 1.29 is 69.0 Å². The molecule has 0 amide bonds. The summed E-state index contributed by atoms with van der Waals surface area (Å²) < 4.78 is 35.6. The molecule has 3 heterocycles. The monoisotopic (exact) mass is 724 g/mol. The van der Waals surface area contributed by atoms with Gasteiger partial charge in [0.2, 0.25) is 0 Å². The predicted molar refractivity (Wildman–Crippen MR) is 177 cm³/mol. The van der Waals surface area contributed by atoms with Crippen molar-refractivity contribution in [3.8, 4) is 5.75 Å². The molecule has 2 aliphatic heterocycles. The number of benzene rings is 1. The summed E-state index contributed by atoms with van der Waals surface area (Å²) in [6.45, 7) is 6.98. The Morgan fingerprint density at radius 3 is 2.12 bits per heavy atom. The van der Waals surface area contributed by atoms with E-state index in [9.17, 15) is 45.6 Å². The van der Waals surface area contributed by atoms with Crippen molar-refractivity contribution in [3.05, 3.63) is 40.8 Å². The fourth-order valence-corrected chi connectivity index (χ4v) is 9.23. The second kappa shape index (κ2) is 14.5. The van der Waals surface area contributed by atoms with Gasteiger partial charge in [0.15, 0.2) is 12.6 Å². The van der Waals surface area contributed by atoms with Gasteiger partial charge in [-0.15, -0.1) is 0 Å². The number of fused-ring (bicyclic) bond motifs is 2. The van der Waals surface area contributed by atoms with Crippen LogP contribution in [0.2, 0.25) is 0 Å². The Kier molecular flexibility index (Phi) is 11.0. The van der Waals surface area contributed by atoms with Crippen molar-refractivity contribution in [3.63, 3.8) is 0 Å². The van der Waals surface area contributed by atoms with E-state index in [1.54, 1.807) is 18.2 Å². The van der Waals surface area contributed by atoms with E-state index in [4.69, 9.17) is 28.1 Å². The van der Waals surface area contributed by atoms with Crippen LogP contribution >= 0.6 is 0 Å². The molecule has 4 fully saturated rings. The zero-order valence-corrected chi connectivity index (χ0v) is 29.3. The van der Waals surface area contributed by atoms with E-state index in [0.717, 1.165) is 5.39 Å². The summed E-state index contributed by atoms with van der Waals surface area (Å²) in [5.41, 5.74) is -2.09. The fraction of sp³-hybridized carbons (Fsp3) is 0.750. The van der Waals surface area contributed by atoms with E-state index in [-0.39, 0.29) is 18.4 Å². The maximum absolute atomic E-state index is 11.8. The first-order chi connectivity index (χ1) is 24.0. The summed E-state index contributed by atoms with van der Waals surface area (Å²) in [5.74, 6) is 0.213. The summed E-state index contributed by atoms with van der Waals surface area (Å²) in [5, 5.41) is 85.2. The maximum atomic E-state index is 11.8. The van der Waals surface area contributed by atoms with Gasteiger partial charge in [0.05, 0.1) is 31.5 Å². The van der Waals surface area contributed by atoms with Gasteiger partial charge in [-0.25, -0.2) is 4.79 Å². The van der Waals surface area contributed by atoms with Gasteiger partial charge in [-0.2, -0.15) is 0 Å². The molecule has 0 unspecified atom stereocenters. The standard InChI is InChI=1S/C36H52O15/c1-34(2)22-9-12-36(4,45)23(16-46-18-7-5-17-6-8-25(39)47-19(17)13-18)35(22,3)11-10-24(34)50-33-31(29(43)27(41)21(15-38)49-33)51-32-30(44)28(42)26(40)20(14-37)48-32/h5-8,13,20-24,26-33,37-38,40-45H,9-12,14-16H2,1-4H3/t20-,21-,22-,23-,24-,26-,27-,28+,29+,30-,31-,32+,33+,35-,36-/m1/s1. The Labute approximate surface area is 295 Å². The molecule has 15 atom stereocenters. The molecule has 15 nitrogen and oxygen atoms in total. The number of hydrogen-bond acceptors (Lipinski definition) is 15. The van der Waals surface area contributed by atoms with Crippen LogP contribution in [-0.4, -0.2) is 134 Å². The second-order valence-corrected chi connectivity index (χ2v) is 15.8. The molecule has 2 aromatic rings. The second-order valence-electron chi connectivity index (χ2n) is 15.8. The van der Waals surface area contributed by atoms with Crippen molar-refractivity contribution in [2.45, 2.75) is 126 Å². The Balaban J connectivity index is 1.21. The van der Waals surface area contributed by atoms with Crippen LogP contribution in [0.15, 0.2) is 39.5 Å². The zero-order chi connectivity index (χ0) is 37.0. The molecular weight excluding hydrogens is 672 g/mol. The average molecular weight is 725 g/mol.